The molecule has 100 valence electrons. The molecule has 0 aliphatic carbocycles. The predicted octanol–water partition coefficient (Wildman–Crippen LogP) is 4.45. The first kappa shape index (κ1) is 13.6. The van der Waals surface area contributed by atoms with Gasteiger partial charge >= 0.3 is 0 Å². The second kappa shape index (κ2) is 6.34. The van der Waals surface area contributed by atoms with E-state index in [1.807, 2.05) is 42.5 Å². The van der Waals surface area contributed by atoms with Crippen LogP contribution in [0.1, 0.15) is 13.3 Å². The Labute approximate surface area is 118 Å². The van der Waals surface area contributed by atoms with Crippen molar-refractivity contribution in [1.29, 1.82) is 0 Å². The van der Waals surface area contributed by atoms with E-state index in [4.69, 9.17) is 22.1 Å². The molecule has 0 aromatic heterocycles. The molecule has 0 heterocycles. The lowest BCUT2D eigenvalue weighted by molar-refractivity contribution is 0.318. The third-order valence-corrected chi connectivity index (χ3v) is 2.79. The van der Waals surface area contributed by atoms with Gasteiger partial charge < -0.3 is 15.8 Å². The fourth-order valence-electron chi connectivity index (χ4n) is 1.70. The molecule has 0 spiro atoms. The summed E-state index contributed by atoms with van der Waals surface area (Å²) >= 11 is 5.85. The maximum atomic E-state index is 5.87. The zero-order valence-electron chi connectivity index (χ0n) is 10.8. The summed E-state index contributed by atoms with van der Waals surface area (Å²) in [5.74, 6) is 0.776. The summed E-state index contributed by atoms with van der Waals surface area (Å²) in [6, 6.07) is 13.1. The van der Waals surface area contributed by atoms with E-state index < -0.39 is 0 Å². The standard InChI is InChI=1S/C15H17ClN2O/c1-2-7-19-15-9-12(17)8-14(10-15)18-13-5-3-11(16)4-6-13/h3-6,8-10,18H,2,7,17H2,1H3. The Kier molecular flexibility index (Phi) is 4.53. The normalized spacial score (nSPS) is 10.2. The van der Waals surface area contributed by atoms with Gasteiger partial charge in [-0.1, -0.05) is 18.5 Å². The van der Waals surface area contributed by atoms with Crippen LogP contribution in [0.4, 0.5) is 17.1 Å². The highest BCUT2D eigenvalue weighted by atomic mass is 35.5. The van der Waals surface area contributed by atoms with E-state index in [0.717, 1.165) is 23.5 Å². The van der Waals surface area contributed by atoms with Crippen molar-refractivity contribution in [2.75, 3.05) is 17.7 Å². The summed E-state index contributed by atoms with van der Waals surface area (Å²) in [5.41, 5.74) is 8.39. The van der Waals surface area contributed by atoms with Crippen LogP contribution in [0.3, 0.4) is 0 Å². The zero-order valence-corrected chi connectivity index (χ0v) is 11.6. The molecule has 0 amide bonds. The first-order valence-corrected chi connectivity index (χ1v) is 6.61. The van der Waals surface area contributed by atoms with Crippen molar-refractivity contribution in [3.63, 3.8) is 0 Å². The van der Waals surface area contributed by atoms with Gasteiger partial charge in [0.05, 0.1) is 6.61 Å². The average molecular weight is 277 g/mol. The molecule has 2 aromatic rings. The van der Waals surface area contributed by atoms with Crippen LogP contribution < -0.4 is 15.8 Å². The van der Waals surface area contributed by atoms with Crippen molar-refractivity contribution >= 4 is 28.7 Å². The topological polar surface area (TPSA) is 47.3 Å². The lowest BCUT2D eigenvalue weighted by atomic mass is 10.2. The Hall–Kier alpha value is -1.87. The Bertz CT molecular complexity index is 540. The van der Waals surface area contributed by atoms with Crippen molar-refractivity contribution in [2.45, 2.75) is 13.3 Å². The predicted molar refractivity (Wildman–Crippen MR) is 81.4 cm³/mol. The highest BCUT2D eigenvalue weighted by Crippen LogP contribution is 2.26. The fraction of sp³-hybridized carbons (Fsp3) is 0.200. The van der Waals surface area contributed by atoms with Crippen LogP contribution in [0.15, 0.2) is 42.5 Å². The molecule has 4 heteroatoms. The van der Waals surface area contributed by atoms with E-state index in [9.17, 15) is 0 Å². The summed E-state index contributed by atoms with van der Waals surface area (Å²) in [4.78, 5) is 0. The lowest BCUT2D eigenvalue weighted by Gasteiger charge is -2.11. The lowest BCUT2D eigenvalue weighted by Crippen LogP contribution is -1.98. The molecule has 3 N–H and O–H groups in total. The van der Waals surface area contributed by atoms with E-state index in [2.05, 4.69) is 12.2 Å². The highest BCUT2D eigenvalue weighted by molar-refractivity contribution is 6.30. The molecule has 0 fully saturated rings. The molecule has 0 saturated heterocycles. The number of ether oxygens (including phenoxy) is 1. The molecule has 0 aliphatic heterocycles. The number of benzene rings is 2. The van der Waals surface area contributed by atoms with E-state index in [1.54, 1.807) is 0 Å². The van der Waals surface area contributed by atoms with Crippen molar-refractivity contribution in [1.82, 2.24) is 0 Å². The summed E-state index contributed by atoms with van der Waals surface area (Å²) in [6.45, 7) is 2.75. The summed E-state index contributed by atoms with van der Waals surface area (Å²) < 4.78 is 5.59. The number of anilines is 3. The van der Waals surface area contributed by atoms with Crippen LogP contribution in [-0.4, -0.2) is 6.61 Å². The van der Waals surface area contributed by atoms with Gasteiger partial charge in [0.1, 0.15) is 5.75 Å². The van der Waals surface area contributed by atoms with Crippen LogP contribution in [0, 0.1) is 0 Å². The molecule has 0 unspecified atom stereocenters. The highest BCUT2D eigenvalue weighted by Gasteiger charge is 2.01. The number of nitrogens with one attached hydrogen (secondary N) is 1. The second-order valence-electron chi connectivity index (χ2n) is 4.27. The fourth-order valence-corrected chi connectivity index (χ4v) is 1.82. The number of nitrogen functional groups attached to an aromatic ring is 1. The van der Waals surface area contributed by atoms with E-state index in [0.29, 0.717) is 17.3 Å². The van der Waals surface area contributed by atoms with E-state index in [1.165, 1.54) is 0 Å². The van der Waals surface area contributed by atoms with Crippen molar-refractivity contribution in [2.24, 2.45) is 0 Å². The quantitative estimate of drug-likeness (QED) is 0.793. The van der Waals surface area contributed by atoms with Gasteiger partial charge in [0, 0.05) is 34.2 Å². The third-order valence-electron chi connectivity index (χ3n) is 2.53. The maximum Gasteiger partial charge on any atom is 0.123 e. The van der Waals surface area contributed by atoms with Gasteiger partial charge in [-0.15, -0.1) is 0 Å². The Morgan fingerprint density at radius 2 is 1.84 bits per heavy atom. The summed E-state index contributed by atoms with van der Waals surface area (Å²) in [6.07, 6.45) is 0.967. The smallest absolute Gasteiger partial charge is 0.123 e. The van der Waals surface area contributed by atoms with Crippen LogP contribution in [0.2, 0.25) is 5.02 Å². The molecule has 2 aromatic carbocycles. The molecule has 0 bridgehead atoms. The summed E-state index contributed by atoms with van der Waals surface area (Å²) in [5, 5.41) is 3.98. The molecule has 3 nitrogen and oxygen atoms in total. The van der Waals surface area contributed by atoms with Gasteiger partial charge in [-0.2, -0.15) is 0 Å². The first-order chi connectivity index (χ1) is 9.17. The van der Waals surface area contributed by atoms with Crippen molar-refractivity contribution in [3.8, 4) is 5.75 Å². The zero-order chi connectivity index (χ0) is 13.7. The van der Waals surface area contributed by atoms with Crippen molar-refractivity contribution < 1.29 is 4.74 Å². The molecule has 0 aliphatic rings. The van der Waals surface area contributed by atoms with Gasteiger partial charge in [-0.25, -0.2) is 0 Å². The monoisotopic (exact) mass is 276 g/mol. The van der Waals surface area contributed by atoms with Crippen LogP contribution in [-0.2, 0) is 0 Å². The van der Waals surface area contributed by atoms with Crippen LogP contribution in [0.5, 0.6) is 5.75 Å². The van der Waals surface area contributed by atoms with Gasteiger partial charge in [0.15, 0.2) is 0 Å². The maximum absolute atomic E-state index is 5.87. The van der Waals surface area contributed by atoms with Crippen molar-refractivity contribution in [3.05, 3.63) is 47.5 Å². The third kappa shape index (κ3) is 4.07. The Balaban J connectivity index is 2.15. The molecular formula is C15H17ClN2O. The Morgan fingerprint density at radius 1 is 1.11 bits per heavy atom. The van der Waals surface area contributed by atoms with Gasteiger partial charge in [-0.05, 0) is 36.8 Å². The Morgan fingerprint density at radius 3 is 2.53 bits per heavy atom. The summed E-state index contributed by atoms with van der Waals surface area (Å²) in [7, 11) is 0. The van der Waals surface area contributed by atoms with Crippen LogP contribution in [0.25, 0.3) is 0 Å². The SMILES string of the molecule is CCCOc1cc(N)cc(Nc2ccc(Cl)cc2)c1. The molecule has 2 rings (SSSR count). The molecule has 0 atom stereocenters. The molecular weight excluding hydrogens is 260 g/mol. The second-order valence-corrected chi connectivity index (χ2v) is 4.71. The number of hydrogen-bond donors (Lipinski definition) is 2. The molecule has 0 saturated carbocycles. The largest absolute Gasteiger partial charge is 0.493 e. The number of rotatable bonds is 5. The van der Waals surface area contributed by atoms with Gasteiger partial charge in [0.25, 0.3) is 0 Å². The van der Waals surface area contributed by atoms with E-state index in [-0.39, 0.29) is 0 Å². The minimum atomic E-state index is 0.671. The van der Waals surface area contributed by atoms with Gasteiger partial charge in [0.2, 0.25) is 0 Å². The van der Waals surface area contributed by atoms with Crippen LogP contribution >= 0.6 is 11.6 Å². The van der Waals surface area contributed by atoms with E-state index >= 15 is 0 Å². The number of nitrogens with two attached hydrogens (primary N) is 1. The number of halogens is 1. The average Bonchev–Trinajstić information content (AvgIpc) is 2.38. The minimum Gasteiger partial charge on any atom is -0.493 e. The first-order valence-electron chi connectivity index (χ1n) is 6.23. The molecule has 0 radical (unpaired) electrons. The molecule has 19 heavy (non-hydrogen) atoms. The minimum absolute atomic E-state index is 0.671. The number of hydrogen-bond acceptors (Lipinski definition) is 3. The van der Waals surface area contributed by atoms with Gasteiger partial charge in [-0.3, -0.25) is 0 Å².